The first-order valence-electron chi connectivity index (χ1n) is 13.6. The van der Waals surface area contributed by atoms with Gasteiger partial charge in [-0.25, -0.2) is 8.78 Å². The van der Waals surface area contributed by atoms with Crippen LogP contribution in [0.3, 0.4) is 0 Å². The summed E-state index contributed by atoms with van der Waals surface area (Å²) in [4.78, 5) is 42.9. The van der Waals surface area contributed by atoms with Gasteiger partial charge >= 0.3 is 0 Å². The van der Waals surface area contributed by atoms with Crippen molar-refractivity contribution in [3.8, 4) is 0 Å². The van der Waals surface area contributed by atoms with E-state index in [1.54, 1.807) is 53.4 Å². The van der Waals surface area contributed by atoms with Crippen molar-refractivity contribution in [2.75, 3.05) is 36.4 Å². The number of rotatable bonds is 7. The third-order valence-electron chi connectivity index (χ3n) is 7.16. The largest absolute Gasteiger partial charge is 0.367 e. The number of anilines is 2. The molecule has 0 aromatic heterocycles. The second-order valence-electron chi connectivity index (χ2n) is 10.2. The maximum absolute atomic E-state index is 13.7. The Kier molecular flexibility index (Phi) is 8.57. The van der Waals surface area contributed by atoms with Gasteiger partial charge in [0.25, 0.3) is 17.7 Å². The molecule has 0 saturated carbocycles. The molecule has 214 valence electrons. The van der Waals surface area contributed by atoms with Gasteiger partial charge in [-0.1, -0.05) is 35.9 Å². The van der Waals surface area contributed by atoms with Gasteiger partial charge in [-0.2, -0.15) is 0 Å². The topological polar surface area (TPSA) is 81.8 Å². The highest BCUT2D eigenvalue weighted by atomic mass is 19.1. The quantitative estimate of drug-likeness (QED) is 0.312. The van der Waals surface area contributed by atoms with Crippen molar-refractivity contribution in [3.05, 3.63) is 130 Å². The van der Waals surface area contributed by atoms with Crippen LogP contribution in [0.4, 0.5) is 20.2 Å². The summed E-state index contributed by atoms with van der Waals surface area (Å²) in [7, 11) is 0. The Labute approximate surface area is 242 Å². The normalized spacial score (nSPS) is 13.0. The molecule has 4 aromatic carbocycles. The molecule has 5 rings (SSSR count). The maximum atomic E-state index is 13.7. The summed E-state index contributed by atoms with van der Waals surface area (Å²) >= 11 is 0. The van der Waals surface area contributed by atoms with Crippen molar-refractivity contribution in [2.24, 2.45) is 0 Å². The van der Waals surface area contributed by atoms with Gasteiger partial charge in [0.1, 0.15) is 11.6 Å². The van der Waals surface area contributed by atoms with Crippen molar-refractivity contribution in [2.45, 2.75) is 13.5 Å². The predicted octanol–water partition coefficient (Wildman–Crippen LogP) is 5.42. The lowest BCUT2D eigenvalue weighted by Gasteiger charge is -2.37. The number of nitrogens with zero attached hydrogens (tertiary/aromatic N) is 2. The summed E-state index contributed by atoms with van der Waals surface area (Å²) in [5.41, 5.74) is 4.01. The highest BCUT2D eigenvalue weighted by Gasteiger charge is 2.25. The maximum Gasteiger partial charge on any atom is 0.255 e. The van der Waals surface area contributed by atoms with Crippen molar-refractivity contribution in [1.29, 1.82) is 0 Å². The standard InChI is InChI=1S/C33H30F2N4O3/c1-22-5-9-24(10-6-22)31(40)37-28-13-14-30(29(20-28)32(41)36-21-23-7-11-26(34)12-8-23)38-15-17-39(18-16-38)33(42)25-3-2-4-27(35)19-25/h2-14,19-20H,15-18,21H2,1H3,(H,36,41)(H,37,40). The summed E-state index contributed by atoms with van der Waals surface area (Å²) in [6.45, 7) is 3.81. The summed E-state index contributed by atoms with van der Waals surface area (Å²) < 4.78 is 27.0. The number of carbonyl (C=O) groups excluding carboxylic acids is 3. The van der Waals surface area contributed by atoms with Crippen LogP contribution < -0.4 is 15.5 Å². The number of hydrogen-bond acceptors (Lipinski definition) is 4. The molecule has 2 N–H and O–H groups in total. The molecule has 1 heterocycles. The first kappa shape index (κ1) is 28.5. The number of piperazine rings is 1. The van der Waals surface area contributed by atoms with Gasteiger partial charge in [0, 0.05) is 55.2 Å². The Morgan fingerprint density at radius 2 is 1.45 bits per heavy atom. The molecule has 4 aromatic rings. The molecule has 0 radical (unpaired) electrons. The van der Waals surface area contributed by atoms with Crippen molar-refractivity contribution < 1.29 is 23.2 Å². The minimum Gasteiger partial charge on any atom is -0.367 e. The van der Waals surface area contributed by atoms with E-state index in [4.69, 9.17) is 0 Å². The van der Waals surface area contributed by atoms with Crippen molar-refractivity contribution >= 4 is 29.1 Å². The molecule has 0 unspecified atom stereocenters. The van der Waals surface area contributed by atoms with Gasteiger partial charge in [0.15, 0.2) is 0 Å². The Morgan fingerprint density at radius 3 is 2.14 bits per heavy atom. The van der Waals surface area contributed by atoms with Crippen LogP contribution in [0, 0.1) is 18.6 Å². The summed E-state index contributed by atoms with van der Waals surface area (Å²) in [6.07, 6.45) is 0. The number of aryl methyl sites for hydroxylation is 1. The van der Waals surface area contributed by atoms with Gasteiger partial charge < -0.3 is 20.4 Å². The Hall–Kier alpha value is -5.05. The fourth-order valence-corrected chi connectivity index (χ4v) is 4.81. The number of carbonyl (C=O) groups is 3. The molecule has 42 heavy (non-hydrogen) atoms. The molecular weight excluding hydrogens is 538 g/mol. The minimum atomic E-state index is -0.467. The fraction of sp³-hybridized carbons (Fsp3) is 0.182. The van der Waals surface area contributed by atoms with E-state index in [1.165, 1.54) is 30.3 Å². The van der Waals surface area contributed by atoms with Crippen molar-refractivity contribution in [3.63, 3.8) is 0 Å². The zero-order valence-electron chi connectivity index (χ0n) is 23.1. The zero-order chi connectivity index (χ0) is 29.6. The number of amides is 3. The van der Waals surface area contributed by atoms with Crippen LogP contribution in [0.25, 0.3) is 0 Å². The Bertz CT molecular complexity index is 1600. The second kappa shape index (κ2) is 12.6. The van der Waals surface area contributed by atoms with Crippen molar-refractivity contribution in [1.82, 2.24) is 10.2 Å². The van der Waals surface area contributed by atoms with E-state index in [1.807, 2.05) is 24.0 Å². The van der Waals surface area contributed by atoms with Crippen LogP contribution in [0.5, 0.6) is 0 Å². The van der Waals surface area contributed by atoms with E-state index in [-0.39, 0.29) is 35.6 Å². The van der Waals surface area contributed by atoms with Gasteiger partial charge in [-0.15, -0.1) is 0 Å². The smallest absolute Gasteiger partial charge is 0.255 e. The van der Waals surface area contributed by atoms with Crippen LogP contribution in [0.15, 0.2) is 91.0 Å². The van der Waals surface area contributed by atoms with E-state index in [0.29, 0.717) is 48.7 Å². The molecule has 0 aliphatic carbocycles. The highest BCUT2D eigenvalue weighted by Crippen LogP contribution is 2.27. The molecule has 1 saturated heterocycles. The lowest BCUT2D eigenvalue weighted by Crippen LogP contribution is -2.49. The first-order valence-corrected chi connectivity index (χ1v) is 13.6. The van der Waals surface area contributed by atoms with Gasteiger partial charge in [-0.05, 0) is 73.2 Å². The predicted molar refractivity (Wildman–Crippen MR) is 158 cm³/mol. The highest BCUT2D eigenvalue weighted by molar-refractivity contribution is 6.06. The average Bonchev–Trinajstić information content (AvgIpc) is 3.00. The number of hydrogen-bond donors (Lipinski definition) is 2. The zero-order valence-corrected chi connectivity index (χ0v) is 23.1. The fourth-order valence-electron chi connectivity index (χ4n) is 4.81. The Balaban J connectivity index is 1.34. The summed E-state index contributed by atoms with van der Waals surface area (Å²) in [6, 6.07) is 23.8. The molecule has 1 aliphatic heterocycles. The van der Waals surface area contributed by atoms with Gasteiger partial charge in [0.05, 0.1) is 5.56 Å². The third kappa shape index (κ3) is 6.80. The Morgan fingerprint density at radius 1 is 0.738 bits per heavy atom. The molecule has 0 bridgehead atoms. The summed E-state index contributed by atoms with van der Waals surface area (Å²) in [5, 5.41) is 5.75. The number of halogens is 2. The molecule has 0 spiro atoms. The van der Waals surface area contributed by atoms with E-state index < -0.39 is 5.82 Å². The molecule has 7 nitrogen and oxygen atoms in total. The number of benzene rings is 4. The van der Waals surface area contributed by atoms with Crippen LogP contribution in [-0.2, 0) is 6.54 Å². The lowest BCUT2D eigenvalue weighted by atomic mass is 10.1. The molecule has 1 aliphatic rings. The minimum absolute atomic E-state index is 0.189. The summed E-state index contributed by atoms with van der Waals surface area (Å²) in [5.74, 6) is -1.74. The average molecular weight is 569 g/mol. The monoisotopic (exact) mass is 568 g/mol. The lowest BCUT2D eigenvalue weighted by molar-refractivity contribution is 0.0745. The van der Waals surface area contributed by atoms with Gasteiger partial charge in [0.2, 0.25) is 0 Å². The molecule has 3 amide bonds. The van der Waals surface area contributed by atoms with E-state index in [2.05, 4.69) is 10.6 Å². The van der Waals surface area contributed by atoms with Crippen LogP contribution in [0.2, 0.25) is 0 Å². The molecule has 9 heteroatoms. The van der Waals surface area contributed by atoms with E-state index in [9.17, 15) is 23.2 Å². The SMILES string of the molecule is Cc1ccc(C(=O)Nc2ccc(N3CCN(C(=O)c4cccc(F)c4)CC3)c(C(=O)NCc3ccc(F)cc3)c2)cc1. The van der Waals surface area contributed by atoms with Crippen LogP contribution >= 0.6 is 0 Å². The van der Waals surface area contributed by atoms with E-state index in [0.717, 1.165) is 11.1 Å². The van der Waals surface area contributed by atoms with Gasteiger partial charge in [-0.3, -0.25) is 14.4 Å². The second-order valence-corrected chi connectivity index (χ2v) is 10.2. The van der Waals surface area contributed by atoms with E-state index >= 15 is 0 Å². The van der Waals surface area contributed by atoms with Crippen LogP contribution in [-0.4, -0.2) is 48.8 Å². The molecule has 0 atom stereocenters. The first-order chi connectivity index (χ1) is 20.3. The third-order valence-corrected chi connectivity index (χ3v) is 7.16. The number of nitrogens with one attached hydrogen (secondary N) is 2. The molecular formula is C33H30F2N4O3. The van der Waals surface area contributed by atoms with Crippen LogP contribution in [0.1, 0.15) is 42.2 Å². The molecule has 1 fully saturated rings.